The Kier molecular flexibility index (Phi) is 4.74. The Labute approximate surface area is 155 Å². The summed E-state index contributed by atoms with van der Waals surface area (Å²) < 4.78 is 19.7. The minimum Gasteiger partial charge on any atom is -0.381 e. The van der Waals surface area contributed by atoms with Crippen LogP contribution >= 0.6 is 11.6 Å². The minimum absolute atomic E-state index is 0.130. The van der Waals surface area contributed by atoms with Crippen molar-refractivity contribution in [1.82, 2.24) is 19.9 Å². The van der Waals surface area contributed by atoms with E-state index in [9.17, 15) is 4.39 Å². The van der Waals surface area contributed by atoms with E-state index >= 15 is 0 Å². The molecule has 2 atom stereocenters. The molecule has 136 valence electrons. The molecule has 26 heavy (non-hydrogen) atoms. The van der Waals surface area contributed by atoms with E-state index in [1.54, 1.807) is 25.6 Å². The molecule has 1 unspecified atom stereocenters. The number of nitrogens with one attached hydrogen (secondary N) is 2. The molecule has 0 bridgehead atoms. The Morgan fingerprint density at radius 1 is 1.31 bits per heavy atom. The van der Waals surface area contributed by atoms with Crippen LogP contribution < -0.4 is 5.32 Å². The van der Waals surface area contributed by atoms with Crippen LogP contribution in [0.4, 0.5) is 10.2 Å². The molecule has 0 saturated heterocycles. The average molecular weight is 376 g/mol. The summed E-state index contributed by atoms with van der Waals surface area (Å²) in [5.41, 5.74) is 1.42. The van der Waals surface area contributed by atoms with Crippen LogP contribution in [0, 0.1) is 5.82 Å². The molecule has 3 aromatic rings. The number of halogens is 2. The van der Waals surface area contributed by atoms with E-state index in [4.69, 9.17) is 16.3 Å². The molecule has 8 heteroatoms. The van der Waals surface area contributed by atoms with Crippen molar-refractivity contribution >= 4 is 28.5 Å². The van der Waals surface area contributed by atoms with E-state index in [1.165, 1.54) is 6.20 Å². The molecule has 0 amide bonds. The maximum atomic E-state index is 14.3. The summed E-state index contributed by atoms with van der Waals surface area (Å²) in [6, 6.07) is 1.92. The summed E-state index contributed by atoms with van der Waals surface area (Å²) in [5.74, 6) is 0.161. The fourth-order valence-electron chi connectivity index (χ4n) is 3.44. The van der Waals surface area contributed by atoms with Gasteiger partial charge in [-0.2, -0.15) is 0 Å². The van der Waals surface area contributed by atoms with Gasteiger partial charge in [0.1, 0.15) is 5.65 Å². The predicted octanol–water partition coefficient (Wildman–Crippen LogP) is 4.18. The second kappa shape index (κ2) is 7.17. The summed E-state index contributed by atoms with van der Waals surface area (Å²) in [5, 5.41) is 4.54. The maximum absolute atomic E-state index is 14.3. The number of hydrogen-bond donors (Lipinski definition) is 2. The highest BCUT2D eigenvalue weighted by Crippen LogP contribution is 2.29. The second-order valence-corrected chi connectivity index (χ2v) is 6.94. The van der Waals surface area contributed by atoms with Crippen LogP contribution in [0.1, 0.15) is 25.7 Å². The zero-order chi connectivity index (χ0) is 18.1. The molecule has 1 saturated carbocycles. The number of pyridine rings is 1. The fraction of sp³-hybridized carbons (Fsp3) is 0.389. The number of aromatic nitrogens is 4. The van der Waals surface area contributed by atoms with Crippen LogP contribution in [0.2, 0.25) is 5.02 Å². The lowest BCUT2D eigenvalue weighted by Gasteiger charge is -2.29. The van der Waals surface area contributed by atoms with Gasteiger partial charge in [0, 0.05) is 36.5 Å². The fourth-order valence-corrected chi connectivity index (χ4v) is 3.60. The molecule has 1 fully saturated rings. The number of methoxy groups -OCH3 is 1. The van der Waals surface area contributed by atoms with Crippen molar-refractivity contribution in [3.8, 4) is 11.4 Å². The molecule has 0 radical (unpaired) electrons. The summed E-state index contributed by atoms with van der Waals surface area (Å²) in [6.45, 7) is 0. The Morgan fingerprint density at radius 3 is 3.04 bits per heavy atom. The number of aromatic amines is 1. The Balaban J connectivity index is 1.64. The third kappa shape index (κ3) is 3.37. The number of rotatable bonds is 4. The number of H-pyrrole nitrogens is 1. The van der Waals surface area contributed by atoms with Crippen LogP contribution in [0.5, 0.6) is 0 Å². The lowest BCUT2D eigenvalue weighted by atomic mass is 9.93. The number of fused-ring (bicyclic) bond motifs is 1. The van der Waals surface area contributed by atoms with Crippen molar-refractivity contribution in [2.45, 2.75) is 37.8 Å². The highest BCUT2D eigenvalue weighted by molar-refractivity contribution is 6.31. The summed E-state index contributed by atoms with van der Waals surface area (Å²) in [7, 11) is 1.71. The van der Waals surface area contributed by atoms with Crippen molar-refractivity contribution in [2.24, 2.45) is 0 Å². The standard InChI is InChI=1S/C18H19ClFN5O/c1-26-12-4-2-3-11(6-12)24-18-15(20)9-23-17(25-18)14-8-22-16-13(14)5-10(19)7-21-16/h5,7-9,11-12H,2-4,6H2,1H3,(H,21,22)(H,23,24,25)/t11-,12?/m0/s1. The first-order valence-electron chi connectivity index (χ1n) is 8.59. The third-order valence-corrected chi connectivity index (χ3v) is 4.99. The van der Waals surface area contributed by atoms with Gasteiger partial charge >= 0.3 is 0 Å². The highest BCUT2D eigenvalue weighted by atomic mass is 35.5. The van der Waals surface area contributed by atoms with Gasteiger partial charge in [0.25, 0.3) is 0 Å². The molecule has 6 nitrogen and oxygen atoms in total. The van der Waals surface area contributed by atoms with Crippen molar-refractivity contribution in [3.63, 3.8) is 0 Å². The molecular formula is C18H19ClFN5O. The van der Waals surface area contributed by atoms with E-state index in [0.29, 0.717) is 16.5 Å². The minimum atomic E-state index is -0.468. The third-order valence-electron chi connectivity index (χ3n) is 4.78. The van der Waals surface area contributed by atoms with E-state index in [2.05, 4.69) is 25.3 Å². The zero-order valence-electron chi connectivity index (χ0n) is 14.3. The van der Waals surface area contributed by atoms with Gasteiger partial charge in [0.2, 0.25) is 0 Å². The summed E-state index contributed by atoms with van der Waals surface area (Å²) in [6.07, 6.45) is 8.60. The van der Waals surface area contributed by atoms with Crippen molar-refractivity contribution < 1.29 is 9.13 Å². The van der Waals surface area contributed by atoms with Gasteiger partial charge in [-0.15, -0.1) is 0 Å². The molecule has 0 aromatic carbocycles. The predicted molar refractivity (Wildman–Crippen MR) is 98.8 cm³/mol. The monoisotopic (exact) mass is 375 g/mol. The maximum Gasteiger partial charge on any atom is 0.183 e. The first-order valence-corrected chi connectivity index (χ1v) is 8.96. The Bertz CT molecular complexity index is 931. The Morgan fingerprint density at radius 2 is 2.19 bits per heavy atom. The quantitative estimate of drug-likeness (QED) is 0.715. The van der Waals surface area contributed by atoms with Crippen molar-refractivity contribution in [3.05, 3.63) is 35.5 Å². The molecule has 3 aromatic heterocycles. The van der Waals surface area contributed by atoms with Crippen LogP contribution in [-0.4, -0.2) is 39.2 Å². The number of nitrogens with zero attached hydrogens (tertiary/aromatic N) is 3. The normalized spacial score (nSPS) is 20.4. The van der Waals surface area contributed by atoms with E-state index in [-0.39, 0.29) is 18.0 Å². The molecule has 1 aliphatic carbocycles. The molecule has 0 spiro atoms. The van der Waals surface area contributed by atoms with Gasteiger partial charge in [0.05, 0.1) is 17.3 Å². The Hall–Kier alpha value is -2.25. The zero-order valence-corrected chi connectivity index (χ0v) is 15.1. The molecule has 2 N–H and O–H groups in total. The van der Waals surface area contributed by atoms with Crippen LogP contribution in [0.3, 0.4) is 0 Å². The van der Waals surface area contributed by atoms with Gasteiger partial charge < -0.3 is 15.0 Å². The van der Waals surface area contributed by atoms with Crippen LogP contribution in [0.15, 0.2) is 24.7 Å². The highest BCUT2D eigenvalue weighted by Gasteiger charge is 2.23. The molecule has 1 aliphatic rings. The van der Waals surface area contributed by atoms with Crippen LogP contribution in [0.25, 0.3) is 22.4 Å². The average Bonchev–Trinajstić information content (AvgIpc) is 3.07. The van der Waals surface area contributed by atoms with Gasteiger partial charge in [-0.25, -0.2) is 19.3 Å². The molecular weight excluding hydrogens is 357 g/mol. The molecule has 4 rings (SSSR count). The smallest absolute Gasteiger partial charge is 0.183 e. The van der Waals surface area contributed by atoms with Crippen molar-refractivity contribution in [2.75, 3.05) is 12.4 Å². The molecule has 0 aliphatic heterocycles. The van der Waals surface area contributed by atoms with E-state index < -0.39 is 5.82 Å². The largest absolute Gasteiger partial charge is 0.381 e. The number of anilines is 1. The molecule has 3 heterocycles. The number of ether oxygens (including phenoxy) is 1. The summed E-state index contributed by atoms with van der Waals surface area (Å²) in [4.78, 5) is 15.8. The van der Waals surface area contributed by atoms with Gasteiger partial charge in [-0.1, -0.05) is 11.6 Å². The van der Waals surface area contributed by atoms with E-state index in [1.807, 2.05) is 0 Å². The lowest BCUT2D eigenvalue weighted by molar-refractivity contribution is 0.0668. The van der Waals surface area contributed by atoms with Gasteiger partial charge in [0.15, 0.2) is 17.5 Å². The topological polar surface area (TPSA) is 75.7 Å². The summed E-state index contributed by atoms with van der Waals surface area (Å²) >= 11 is 6.05. The van der Waals surface area contributed by atoms with Gasteiger partial charge in [-0.3, -0.25) is 0 Å². The van der Waals surface area contributed by atoms with Gasteiger partial charge in [-0.05, 0) is 31.7 Å². The number of hydrogen-bond acceptors (Lipinski definition) is 5. The van der Waals surface area contributed by atoms with E-state index in [0.717, 1.165) is 36.6 Å². The SMILES string of the molecule is COC1CCC[C@H](Nc2nc(-c3c[nH]c4ncc(Cl)cc34)ncc2F)C1. The van der Waals surface area contributed by atoms with Crippen molar-refractivity contribution in [1.29, 1.82) is 0 Å². The second-order valence-electron chi connectivity index (χ2n) is 6.51. The first kappa shape index (κ1) is 17.2. The first-order chi connectivity index (χ1) is 12.6. The lowest BCUT2D eigenvalue weighted by Crippen LogP contribution is -2.31. The van der Waals surface area contributed by atoms with Crippen LogP contribution in [-0.2, 0) is 4.74 Å².